The lowest BCUT2D eigenvalue weighted by atomic mass is 9.63. The van der Waals surface area contributed by atoms with Crippen molar-refractivity contribution in [2.75, 3.05) is 19.6 Å². The Kier molecular flexibility index (Phi) is 4.60. The number of likely N-dealkylation sites (tertiary alicyclic amines) is 1. The number of nitrogens with zero attached hydrogens (tertiary/aromatic N) is 1. The summed E-state index contributed by atoms with van der Waals surface area (Å²) in [5.41, 5.74) is -1.77. The number of piperidine rings is 1. The fourth-order valence-corrected chi connectivity index (χ4v) is 3.50. The second-order valence-electron chi connectivity index (χ2n) is 6.65. The van der Waals surface area contributed by atoms with Gasteiger partial charge in [-0.1, -0.05) is 25.1 Å². The number of halogens is 3. The molecule has 1 heterocycles. The van der Waals surface area contributed by atoms with Crippen molar-refractivity contribution in [3.63, 3.8) is 0 Å². The molecule has 1 aliphatic rings. The van der Waals surface area contributed by atoms with Crippen molar-refractivity contribution in [1.82, 2.24) is 4.90 Å². The van der Waals surface area contributed by atoms with E-state index in [1.165, 1.54) is 12.1 Å². The summed E-state index contributed by atoms with van der Waals surface area (Å²) in [6.45, 7) is 7.98. The first kappa shape index (κ1) is 17.3. The summed E-state index contributed by atoms with van der Waals surface area (Å²) in [6, 6.07) is 5.45. The second kappa shape index (κ2) is 5.85. The number of benzene rings is 1. The highest BCUT2D eigenvalue weighted by Gasteiger charge is 2.47. The number of alkyl halides is 3. The first-order valence-corrected chi connectivity index (χ1v) is 7.72. The molecule has 0 amide bonds. The van der Waals surface area contributed by atoms with Gasteiger partial charge in [0.1, 0.15) is 0 Å². The average Bonchev–Trinajstić information content (AvgIpc) is 2.45. The lowest BCUT2D eigenvalue weighted by Crippen LogP contribution is -2.54. The highest BCUT2D eigenvalue weighted by molar-refractivity contribution is 5.35. The summed E-state index contributed by atoms with van der Waals surface area (Å²) in [7, 11) is 0. The van der Waals surface area contributed by atoms with E-state index in [0.29, 0.717) is 18.4 Å². The fourth-order valence-electron chi connectivity index (χ4n) is 3.50. The average molecular weight is 315 g/mol. The Hall–Kier alpha value is -1.07. The minimum atomic E-state index is -4.36. The maximum Gasteiger partial charge on any atom is 0.416 e. The molecule has 0 aromatic heterocycles. The van der Waals surface area contributed by atoms with Crippen LogP contribution in [-0.4, -0.2) is 35.2 Å². The summed E-state index contributed by atoms with van der Waals surface area (Å²) in [5.74, 6) is 0. The summed E-state index contributed by atoms with van der Waals surface area (Å²) in [6.07, 6.45) is -3.04. The maximum absolute atomic E-state index is 13.0. The molecule has 124 valence electrons. The zero-order chi connectivity index (χ0) is 16.6. The third-order valence-electron chi connectivity index (χ3n) is 5.07. The molecule has 0 radical (unpaired) electrons. The van der Waals surface area contributed by atoms with Gasteiger partial charge in [0.05, 0.1) is 11.2 Å². The van der Waals surface area contributed by atoms with Crippen LogP contribution < -0.4 is 0 Å². The van der Waals surface area contributed by atoms with E-state index in [-0.39, 0.29) is 0 Å². The van der Waals surface area contributed by atoms with Gasteiger partial charge in [0.2, 0.25) is 0 Å². The van der Waals surface area contributed by atoms with Gasteiger partial charge in [0.25, 0.3) is 0 Å². The van der Waals surface area contributed by atoms with Crippen LogP contribution in [0.15, 0.2) is 24.3 Å². The van der Waals surface area contributed by atoms with Crippen LogP contribution in [0.2, 0.25) is 0 Å². The van der Waals surface area contributed by atoms with E-state index in [2.05, 4.69) is 11.8 Å². The van der Waals surface area contributed by atoms with Crippen LogP contribution in [0.5, 0.6) is 0 Å². The summed E-state index contributed by atoms with van der Waals surface area (Å²) < 4.78 is 39.0. The predicted molar refractivity (Wildman–Crippen MR) is 80.8 cm³/mol. The van der Waals surface area contributed by atoms with Gasteiger partial charge in [0, 0.05) is 5.41 Å². The van der Waals surface area contributed by atoms with Crippen LogP contribution in [0.3, 0.4) is 0 Å². The molecule has 1 aromatic carbocycles. The smallest absolute Gasteiger partial charge is 0.390 e. The molecule has 0 spiro atoms. The highest BCUT2D eigenvalue weighted by Crippen LogP contribution is 2.45. The lowest BCUT2D eigenvalue weighted by molar-refractivity contribution is -0.137. The molecule has 0 bridgehead atoms. The molecule has 0 aliphatic carbocycles. The first-order chi connectivity index (χ1) is 10.1. The molecule has 1 saturated heterocycles. The second-order valence-corrected chi connectivity index (χ2v) is 6.65. The lowest BCUT2D eigenvalue weighted by Gasteiger charge is -2.49. The quantitative estimate of drug-likeness (QED) is 0.916. The number of aliphatic hydroxyl groups is 1. The normalized spacial score (nSPS) is 20.1. The third-order valence-corrected chi connectivity index (χ3v) is 5.07. The van der Waals surface area contributed by atoms with E-state index in [4.69, 9.17) is 0 Å². The van der Waals surface area contributed by atoms with Gasteiger partial charge in [-0.05, 0) is 58.0 Å². The van der Waals surface area contributed by atoms with Crippen molar-refractivity contribution in [3.8, 4) is 0 Å². The van der Waals surface area contributed by atoms with Gasteiger partial charge in [0.15, 0.2) is 0 Å². The molecule has 1 N–H and O–H groups in total. The van der Waals surface area contributed by atoms with Crippen molar-refractivity contribution >= 4 is 0 Å². The standard InChI is InChI=1S/C17H24F3NO/c1-4-21-10-8-16(9-11-21,15(2,3)22)13-6-5-7-14(12-13)17(18,19)20/h5-7,12,22H,4,8-11H2,1-3H3. The molecule has 5 heteroatoms. The zero-order valence-corrected chi connectivity index (χ0v) is 13.4. The van der Waals surface area contributed by atoms with E-state index in [9.17, 15) is 18.3 Å². The molecule has 22 heavy (non-hydrogen) atoms. The first-order valence-electron chi connectivity index (χ1n) is 7.72. The monoisotopic (exact) mass is 315 g/mol. The predicted octanol–water partition coefficient (Wildman–Crippen LogP) is 3.83. The fraction of sp³-hybridized carbons (Fsp3) is 0.647. The van der Waals surface area contributed by atoms with Gasteiger partial charge in [-0.3, -0.25) is 0 Å². The summed E-state index contributed by atoms with van der Waals surface area (Å²) >= 11 is 0. The zero-order valence-electron chi connectivity index (χ0n) is 13.4. The summed E-state index contributed by atoms with van der Waals surface area (Å²) in [5, 5.41) is 10.7. The topological polar surface area (TPSA) is 23.5 Å². The molecule has 1 fully saturated rings. The van der Waals surface area contributed by atoms with Gasteiger partial charge in [-0.25, -0.2) is 0 Å². The molecule has 1 aliphatic heterocycles. The van der Waals surface area contributed by atoms with E-state index in [0.717, 1.165) is 25.7 Å². The van der Waals surface area contributed by atoms with E-state index >= 15 is 0 Å². The third kappa shape index (κ3) is 3.15. The van der Waals surface area contributed by atoms with Crippen molar-refractivity contribution in [3.05, 3.63) is 35.4 Å². The van der Waals surface area contributed by atoms with E-state index in [1.54, 1.807) is 19.9 Å². The number of hydrogen-bond acceptors (Lipinski definition) is 2. The Labute approximate surface area is 129 Å². The van der Waals surface area contributed by atoms with Crippen molar-refractivity contribution < 1.29 is 18.3 Å². The molecule has 0 unspecified atom stereocenters. The van der Waals surface area contributed by atoms with E-state index in [1.807, 2.05) is 0 Å². The minimum absolute atomic E-state index is 0.588. The van der Waals surface area contributed by atoms with Gasteiger partial charge < -0.3 is 10.0 Å². The summed E-state index contributed by atoms with van der Waals surface area (Å²) in [4.78, 5) is 2.26. The Morgan fingerprint density at radius 1 is 1.18 bits per heavy atom. The molecule has 0 saturated carbocycles. The van der Waals surface area contributed by atoms with E-state index < -0.39 is 22.8 Å². The van der Waals surface area contributed by atoms with Crippen LogP contribution in [0.1, 0.15) is 44.7 Å². The van der Waals surface area contributed by atoms with Gasteiger partial charge >= 0.3 is 6.18 Å². The molecule has 2 nitrogen and oxygen atoms in total. The van der Waals surface area contributed by atoms with Gasteiger partial charge in [-0.2, -0.15) is 13.2 Å². The van der Waals surface area contributed by atoms with Crippen molar-refractivity contribution in [2.45, 2.75) is 50.8 Å². The van der Waals surface area contributed by atoms with Crippen LogP contribution in [0.25, 0.3) is 0 Å². The number of hydrogen-bond donors (Lipinski definition) is 1. The maximum atomic E-state index is 13.0. The molecular weight excluding hydrogens is 291 g/mol. The molecule has 1 aromatic rings. The van der Waals surface area contributed by atoms with Crippen LogP contribution in [-0.2, 0) is 11.6 Å². The van der Waals surface area contributed by atoms with Crippen LogP contribution in [0.4, 0.5) is 13.2 Å². The number of rotatable bonds is 3. The molecule has 2 rings (SSSR count). The Morgan fingerprint density at radius 2 is 1.77 bits per heavy atom. The minimum Gasteiger partial charge on any atom is -0.390 e. The SMILES string of the molecule is CCN1CCC(c2cccc(C(F)(F)F)c2)(C(C)(C)O)CC1. The molecule has 0 atom stereocenters. The van der Waals surface area contributed by atoms with Crippen LogP contribution in [0, 0.1) is 0 Å². The Morgan fingerprint density at radius 3 is 2.23 bits per heavy atom. The van der Waals surface area contributed by atoms with Crippen molar-refractivity contribution in [1.29, 1.82) is 0 Å². The Bertz CT molecular complexity index is 511. The molecular formula is C17H24F3NO. The van der Waals surface area contributed by atoms with Crippen molar-refractivity contribution in [2.24, 2.45) is 0 Å². The largest absolute Gasteiger partial charge is 0.416 e. The Balaban J connectivity index is 2.44. The van der Waals surface area contributed by atoms with Crippen LogP contribution >= 0.6 is 0 Å². The highest BCUT2D eigenvalue weighted by atomic mass is 19.4. The van der Waals surface area contributed by atoms with Gasteiger partial charge in [-0.15, -0.1) is 0 Å².